The van der Waals surface area contributed by atoms with E-state index >= 15 is 0 Å². The summed E-state index contributed by atoms with van der Waals surface area (Å²) in [5.74, 6) is 0.139. The fourth-order valence-electron chi connectivity index (χ4n) is 2.85. The first-order chi connectivity index (χ1) is 9.54. The van der Waals surface area contributed by atoms with E-state index in [9.17, 15) is 9.59 Å². The van der Waals surface area contributed by atoms with Crippen LogP contribution in [0.25, 0.3) is 5.57 Å². The number of carbonyl (C=O) groups is 1. The number of rotatable bonds is 3. The number of hydrogen-bond acceptors (Lipinski definition) is 3. The fourth-order valence-corrected chi connectivity index (χ4v) is 3.59. The number of aromatic nitrogens is 1. The number of nitrogens with zero attached hydrogens (tertiary/aromatic N) is 1. The summed E-state index contributed by atoms with van der Waals surface area (Å²) in [7, 11) is 1.73. The Hall–Kier alpha value is -1.36. The van der Waals surface area contributed by atoms with Gasteiger partial charge in [-0.1, -0.05) is 0 Å². The van der Waals surface area contributed by atoms with Gasteiger partial charge in [-0.3, -0.25) is 4.79 Å². The quantitative estimate of drug-likeness (QED) is 0.796. The second-order valence-electron chi connectivity index (χ2n) is 5.32. The molecule has 5 heteroatoms. The molecule has 0 aliphatic heterocycles. The number of halogens is 1. The number of ether oxygens (including phenoxy) is 1. The molecule has 0 saturated heterocycles. The van der Waals surface area contributed by atoms with Crippen molar-refractivity contribution in [3.8, 4) is 0 Å². The molecule has 3 rings (SSSR count). The average molecular weight is 338 g/mol. The predicted octanol–water partition coefficient (Wildman–Crippen LogP) is 2.43. The van der Waals surface area contributed by atoms with Gasteiger partial charge in [-0.2, -0.15) is 0 Å². The Bertz CT molecular complexity index is 683. The molecule has 2 aliphatic carbocycles. The maximum Gasteiger partial charge on any atom is 0.338 e. The normalized spacial score (nSPS) is 17.4. The number of aryl methyl sites for hydroxylation is 1. The van der Waals surface area contributed by atoms with Gasteiger partial charge in [0.15, 0.2) is 0 Å². The van der Waals surface area contributed by atoms with Gasteiger partial charge in [0.25, 0.3) is 5.56 Å². The van der Waals surface area contributed by atoms with Crippen molar-refractivity contribution in [2.45, 2.75) is 26.2 Å². The van der Waals surface area contributed by atoms with Crippen LogP contribution in [0, 0.1) is 5.92 Å². The number of fused-ring (bicyclic) bond motifs is 1. The van der Waals surface area contributed by atoms with Gasteiger partial charge < -0.3 is 9.30 Å². The first-order valence-electron chi connectivity index (χ1n) is 6.83. The Kier molecular flexibility index (Phi) is 3.32. The molecular formula is C15H16BrNO3. The number of pyridine rings is 1. The Morgan fingerprint density at radius 2 is 2.20 bits per heavy atom. The van der Waals surface area contributed by atoms with Crippen LogP contribution in [0.15, 0.2) is 21.0 Å². The third-order valence-corrected chi connectivity index (χ3v) is 4.52. The first kappa shape index (κ1) is 13.6. The Balaban J connectivity index is 2.19. The van der Waals surface area contributed by atoms with Gasteiger partial charge in [-0.25, -0.2) is 4.79 Å². The molecule has 106 valence electrons. The molecule has 20 heavy (non-hydrogen) atoms. The van der Waals surface area contributed by atoms with E-state index in [-0.39, 0.29) is 11.5 Å². The van der Waals surface area contributed by atoms with Crippen molar-refractivity contribution in [1.82, 2.24) is 4.57 Å². The largest absolute Gasteiger partial charge is 0.462 e. The number of carbonyl (C=O) groups excluding carboxylic acids is 1. The van der Waals surface area contributed by atoms with Crippen molar-refractivity contribution in [3.63, 3.8) is 0 Å². The van der Waals surface area contributed by atoms with E-state index in [1.54, 1.807) is 24.7 Å². The smallest absolute Gasteiger partial charge is 0.338 e. The van der Waals surface area contributed by atoms with Gasteiger partial charge in [0.1, 0.15) is 0 Å². The van der Waals surface area contributed by atoms with Crippen LogP contribution >= 0.6 is 15.9 Å². The van der Waals surface area contributed by atoms with Gasteiger partial charge in [-0.15, -0.1) is 0 Å². The number of allylic oxidation sites excluding steroid dienone is 1. The van der Waals surface area contributed by atoms with E-state index < -0.39 is 0 Å². The standard InChI is InChI=1S/C15H16BrNO3/c1-3-20-15(19)13-9(8-4-5-8)6-10-12(13)11(16)7-17(2)14(10)18/h7-8H,3-6H2,1-2H3. The van der Waals surface area contributed by atoms with Crippen LogP contribution in [-0.2, 0) is 23.0 Å². The minimum absolute atomic E-state index is 0.0272. The first-order valence-corrected chi connectivity index (χ1v) is 7.62. The van der Waals surface area contributed by atoms with Gasteiger partial charge in [0.2, 0.25) is 0 Å². The van der Waals surface area contributed by atoms with Gasteiger partial charge in [0, 0.05) is 35.3 Å². The van der Waals surface area contributed by atoms with Gasteiger partial charge >= 0.3 is 5.97 Å². The van der Waals surface area contributed by atoms with Crippen molar-refractivity contribution in [2.75, 3.05) is 6.61 Å². The molecule has 0 aromatic carbocycles. The molecule has 1 aromatic heterocycles. The average Bonchev–Trinajstić information content (AvgIpc) is 3.16. The van der Waals surface area contributed by atoms with E-state index in [4.69, 9.17) is 4.74 Å². The summed E-state index contributed by atoms with van der Waals surface area (Å²) >= 11 is 3.49. The van der Waals surface area contributed by atoms with E-state index in [1.165, 1.54) is 0 Å². The summed E-state index contributed by atoms with van der Waals surface area (Å²) in [4.78, 5) is 24.6. The molecule has 1 saturated carbocycles. The minimum atomic E-state index is -0.304. The van der Waals surface area contributed by atoms with Crippen molar-refractivity contribution in [2.24, 2.45) is 13.0 Å². The Morgan fingerprint density at radius 3 is 2.80 bits per heavy atom. The highest BCUT2D eigenvalue weighted by atomic mass is 79.9. The predicted molar refractivity (Wildman–Crippen MR) is 79.4 cm³/mol. The second-order valence-corrected chi connectivity index (χ2v) is 6.17. The van der Waals surface area contributed by atoms with Crippen LogP contribution in [-0.4, -0.2) is 17.1 Å². The third-order valence-electron chi connectivity index (χ3n) is 3.91. The topological polar surface area (TPSA) is 48.3 Å². The summed E-state index contributed by atoms with van der Waals surface area (Å²) in [5, 5.41) is 0. The van der Waals surface area contributed by atoms with Gasteiger partial charge in [-0.05, 0) is 47.2 Å². The molecule has 1 fully saturated rings. The molecule has 0 atom stereocenters. The maximum atomic E-state index is 12.3. The Morgan fingerprint density at radius 1 is 1.50 bits per heavy atom. The van der Waals surface area contributed by atoms with Crippen LogP contribution in [0.5, 0.6) is 0 Å². The zero-order chi connectivity index (χ0) is 14.4. The highest BCUT2D eigenvalue weighted by molar-refractivity contribution is 9.10. The van der Waals surface area contributed by atoms with E-state index in [1.807, 2.05) is 0 Å². The van der Waals surface area contributed by atoms with E-state index in [0.717, 1.165) is 28.5 Å². The van der Waals surface area contributed by atoms with Crippen LogP contribution < -0.4 is 5.56 Å². The van der Waals surface area contributed by atoms with E-state index in [2.05, 4.69) is 15.9 Å². The lowest BCUT2D eigenvalue weighted by molar-refractivity contribution is -0.136. The molecule has 0 radical (unpaired) electrons. The summed E-state index contributed by atoms with van der Waals surface area (Å²) < 4.78 is 7.53. The molecule has 0 amide bonds. The molecule has 0 bridgehead atoms. The Labute approximate surface area is 125 Å². The lowest BCUT2D eigenvalue weighted by atomic mass is 10.0. The zero-order valence-corrected chi connectivity index (χ0v) is 13.1. The van der Waals surface area contributed by atoms with E-state index in [0.29, 0.717) is 30.1 Å². The highest BCUT2D eigenvalue weighted by Gasteiger charge is 2.38. The van der Waals surface area contributed by atoms with Crippen LogP contribution in [0.1, 0.15) is 30.9 Å². The number of esters is 1. The highest BCUT2D eigenvalue weighted by Crippen LogP contribution is 2.47. The SMILES string of the molecule is CCOC(=O)C1=C(C2CC2)Cc2c1c(Br)cn(C)c2=O. The molecule has 0 unspecified atom stereocenters. The monoisotopic (exact) mass is 337 g/mol. The second kappa shape index (κ2) is 4.88. The summed E-state index contributed by atoms with van der Waals surface area (Å²) in [6, 6.07) is 0. The fraction of sp³-hybridized carbons (Fsp3) is 0.467. The van der Waals surface area contributed by atoms with Crippen molar-refractivity contribution in [1.29, 1.82) is 0 Å². The molecule has 0 N–H and O–H groups in total. The lowest BCUT2D eigenvalue weighted by Gasteiger charge is -2.10. The minimum Gasteiger partial charge on any atom is -0.462 e. The molecule has 1 heterocycles. The van der Waals surface area contributed by atoms with Crippen molar-refractivity contribution >= 4 is 27.5 Å². The van der Waals surface area contributed by atoms with Crippen molar-refractivity contribution < 1.29 is 9.53 Å². The van der Waals surface area contributed by atoms with Crippen molar-refractivity contribution in [3.05, 3.63) is 37.7 Å². The zero-order valence-electron chi connectivity index (χ0n) is 11.5. The summed E-state index contributed by atoms with van der Waals surface area (Å²) in [6.45, 7) is 2.14. The third kappa shape index (κ3) is 2.04. The maximum absolute atomic E-state index is 12.3. The summed E-state index contributed by atoms with van der Waals surface area (Å²) in [6.07, 6.45) is 4.50. The van der Waals surface area contributed by atoms with Gasteiger partial charge in [0.05, 0.1) is 12.2 Å². The van der Waals surface area contributed by atoms with Crippen LogP contribution in [0.4, 0.5) is 0 Å². The number of hydrogen-bond donors (Lipinski definition) is 0. The molecule has 0 spiro atoms. The molecule has 1 aromatic rings. The molecular weight excluding hydrogens is 322 g/mol. The molecule has 2 aliphatic rings. The van der Waals surface area contributed by atoms with Crippen LogP contribution in [0.3, 0.4) is 0 Å². The summed E-state index contributed by atoms with van der Waals surface area (Å²) in [5.41, 5.74) is 3.14. The lowest BCUT2D eigenvalue weighted by Crippen LogP contribution is -2.21. The van der Waals surface area contributed by atoms with Crippen LogP contribution in [0.2, 0.25) is 0 Å². The molecule has 4 nitrogen and oxygen atoms in total.